The van der Waals surface area contributed by atoms with Gasteiger partial charge in [0, 0.05) is 10.9 Å². The fourth-order valence-electron chi connectivity index (χ4n) is 0.865. The molecule has 4 heteroatoms. The quantitative estimate of drug-likeness (QED) is 0.617. The van der Waals surface area contributed by atoms with Gasteiger partial charge in [0.15, 0.2) is 0 Å². The van der Waals surface area contributed by atoms with Gasteiger partial charge >= 0.3 is 0 Å². The number of alkyl halides is 1. The summed E-state index contributed by atoms with van der Waals surface area (Å²) in [6, 6.07) is 6.79. The van der Waals surface area contributed by atoms with Crippen molar-refractivity contribution in [3.63, 3.8) is 0 Å². The molecular weight excluding hydrogens is 255 g/mol. The van der Waals surface area contributed by atoms with Crippen LogP contribution in [0.4, 0.5) is 0 Å². The first-order valence-electron chi connectivity index (χ1n) is 3.72. The number of hydrogen-bond donors (Lipinski definition) is 0. The van der Waals surface area contributed by atoms with Crippen molar-refractivity contribution in [1.29, 1.82) is 0 Å². The highest BCUT2D eigenvalue weighted by molar-refractivity contribution is 9.09. The lowest BCUT2D eigenvalue weighted by Gasteiger charge is -2.03. The second kappa shape index (κ2) is 5.25. The molecule has 0 heterocycles. The average molecular weight is 264 g/mol. The number of ether oxygens (including phenoxy) is 1. The second-order valence-corrected chi connectivity index (χ2v) is 3.48. The van der Waals surface area contributed by atoms with Crippen LogP contribution in [0.2, 0.25) is 0 Å². The summed E-state index contributed by atoms with van der Waals surface area (Å²) >= 11 is 8.54. The number of halogens is 2. The molecule has 0 spiro atoms. The highest BCUT2D eigenvalue weighted by Gasteiger charge is 2.02. The maximum absolute atomic E-state index is 10.8. The molecule has 0 unspecified atom stereocenters. The van der Waals surface area contributed by atoms with E-state index in [2.05, 4.69) is 15.9 Å². The van der Waals surface area contributed by atoms with Crippen LogP contribution in [-0.2, 0) is 0 Å². The van der Waals surface area contributed by atoms with Crippen LogP contribution in [0.15, 0.2) is 24.3 Å². The normalized spacial score (nSPS) is 9.69. The first kappa shape index (κ1) is 10.5. The summed E-state index contributed by atoms with van der Waals surface area (Å²) in [5, 5.41) is 0.288. The van der Waals surface area contributed by atoms with E-state index >= 15 is 0 Å². The van der Waals surface area contributed by atoms with Crippen LogP contribution in [0.5, 0.6) is 5.75 Å². The summed E-state index contributed by atoms with van der Waals surface area (Å²) in [5.74, 6) is 0.658. The van der Waals surface area contributed by atoms with Crippen LogP contribution in [0, 0.1) is 0 Å². The minimum absolute atomic E-state index is 0.453. The molecule has 0 bridgehead atoms. The number of rotatable bonds is 4. The van der Waals surface area contributed by atoms with Crippen molar-refractivity contribution in [3.8, 4) is 5.75 Å². The molecule has 0 aliphatic heterocycles. The van der Waals surface area contributed by atoms with Crippen molar-refractivity contribution >= 4 is 32.8 Å². The predicted molar refractivity (Wildman–Crippen MR) is 55.9 cm³/mol. The van der Waals surface area contributed by atoms with Gasteiger partial charge in [-0.1, -0.05) is 22.0 Å². The Balaban J connectivity index is 2.73. The van der Waals surface area contributed by atoms with Crippen molar-refractivity contribution in [2.45, 2.75) is 0 Å². The van der Waals surface area contributed by atoms with Gasteiger partial charge in [0.1, 0.15) is 5.75 Å². The van der Waals surface area contributed by atoms with Crippen LogP contribution in [0.3, 0.4) is 0 Å². The van der Waals surface area contributed by atoms with Crippen molar-refractivity contribution in [3.05, 3.63) is 29.8 Å². The fraction of sp³-hybridized carbons (Fsp3) is 0.222. The van der Waals surface area contributed by atoms with E-state index in [1.165, 1.54) is 0 Å². The molecule has 0 aliphatic rings. The standard InChI is InChI=1S/C9H8BrClO2/c10-4-5-13-8-3-1-2-7(6-8)9(11)12/h1-3,6H,4-5H2. The zero-order valence-corrected chi connectivity index (χ0v) is 9.14. The zero-order chi connectivity index (χ0) is 9.68. The lowest BCUT2D eigenvalue weighted by molar-refractivity contribution is 0.108. The Bertz CT molecular complexity index is 301. The van der Waals surface area contributed by atoms with Crippen molar-refractivity contribution in [2.24, 2.45) is 0 Å². The Kier molecular flexibility index (Phi) is 4.25. The third kappa shape index (κ3) is 3.36. The van der Waals surface area contributed by atoms with E-state index in [4.69, 9.17) is 16.3 Å². The summed E-state index contributed by atoms with van der Waals surface area (Å²) in [5.41, 5.74) is 0.453. The van der Waals surface area contributed by atoms with Crippen LogP contribution in [0.25, 0.3) is 0 Å². The topological polar surface area (TPSA) is 26.3 Å². The molecule has 1 aromatic carbocycles. The molecule has 13 heavy (non-hydrogen) atoms. The van der Waals surface area contributed by atoms with Gasteiger partial charge < -0.3 is 4.74 Å². The van der Waals surface area contributed by atoms with Crippen LogP contribution >= 0.6 is 27.5 Å². The number of carbonyl (C=O) groups is 1. The Morgan fingerprint density at radius 2 is 2.31 bits per heavy atom. The van der Waals surface area contributed by atoms with Crippen molar-refractivity contribution < 1.29 is 9.53 Å². The summed E-state index contributed by atoms with van der Waals surface area (Å²) in [6.45, 7) is 0.569. The second-order valence-electron chi connectivity index (χ2n) is 2.34. The molecule has 0 fully saturated rings. The zero-order valence-electron chi connectivity index (χ0n) is 6.80. The maximum Gasteiger partial charge on any atom is 0.252 e. The Hall–Kier alpha value is -0.540. The van der Waals surface area contributed by atoms with Gasteiger partial charge in [-0.25, -0.2) is 0 Å². The van der Waals surface area contributed by atoms with Crippen LogP contribution < -0.4 is 4.74 Å². The Labute approximate surface area is 90.0 Å². The summed E-state index contributed by atoms with van der Waals surface area (Å²) in [4.78, 5) is 10.8. The third-order valence-corrected chi connectivity index (χ3v) is 1.95. The monoisotopic (exact) mass is 262 g/mol. The SMILES string of the molecule is O=C(Cl)c1cccc(OCCBr)c1. The smallest absolute Gasteiger partial charge is 0.252 e. The Morgan fingerprint density at radius 3 is 2.92 bits per heavy atom. The lowest BCUT2D eigenvalue weighted by Crippen LogP contribution is -1.98. The summed E-state index contributed by atoms with van der Waals surface area (Å²) in [7, 11) is 0. The lowest BCUT2D eigenvalue weighted by atomic mass is 10.2. The van der Waals surface area contributed by atoms with E-state index in [9.17, 15) is 4.79 Å². The minimum atomic E-state index is -0.468. The maximum atomic E-state index is 10.8. The molecule has 0 atom stereocenters. The molecule has 0 radical (unpaired) electrons. The van der Waals surface area contributed by atoms with E-state index in [0.717, 1.165) is 5.33 Å². The van der Waals surface area contributed by atoms with E-state index in [0.29, 0.717) is 17.9 Å². The molecular formula is C9H8BrClO2. The summed E-state index contributed by atoms with van der Waals surface area (Å²) in [6.07, 6.45) is 0. The molecule has 1 rings (SSSR count). The molecule has 0 aliphatic carbocycles. The van der Waals surface area contributed by atoms with Gasteiger partial charge in [-0.05, 0) is 29.8 Å². The summed E-state index contributed by atoms with van der Waals surface area (Å²) < 4.78 is 5.29. The average Bonchev–Trinajstić information content (AvgIpc) is 2.15. The van der Waals surface area contributed by atoms with Gasteiger partial charge in [-0.15, -0.1) is 0 Å². The number of carbonyl (C=O) groups excluding carboxylic acids is 1. The van der Waals surface area contributed by atoms with Gasteiger partial charge in [0.2, 0.25) is 0 Å². The van der Waals surface area contributed by atoms with Gasteiger partial charge in [-0.2, -0.15) is 0 Å². The number of hydrogen-bond acceptors (Lipinski definition) is 2. The number of benzene rings is 1. The molecule has 0 amide bonds. The highest BCUT2D eigenvalue weighted by atomic mass is 79.9. The Morgan fingerprint density at radius 1 is 1.54 bits per heavy atom. The van der Waals surface area contributed by atoms with Crippen molar-refractivity contribution in [1.82, 2.24) is 0 Å². The molecule has 0 aromatic heterocycles. The van der Waals surface area contributed by atoms with E-state index < -0.39 is 5.24 Å². The predicted octanol–water partition coefficient (Wildman–Crippen LogP) is 2.84. The van der Waals surface area contributed by atoms with Crippen LogP contribution in [0.1, 0.15) is 10.4 Å². The van der Waals surface area contributed by atoms with E-state index in [1.54, 1.807) is 24.3 Å². The molecule has 0 N–H and O–H groups in total. The minimum Gasteiger partial charge on any atom is -0.493 e. The third-order valence-electron chi connectivity index (χ3n) is 1.41. The fourth-order valence-corrected chi connectivity index (χ4v) is 1.14. The molecule has 0 saturated carbocycles. The van der Waals surface area contributed by atoms with Crippen molar-refractivity contribution in [2.75, 3.05) is 11.9 Å². The van der Waals surface area contributed by atoms with Crippen LogP contribution in [-0.4, -0.2) is 17.2 Å². The molecule has 0 saturated heterocycles. The van der Waals surface area contributed by atoms with Gasteiger partial charge in [-0.3, -0.25) is 4.79 Å². The first-order valence-corrected chi connectivity index (χ1v) is 5.22. The molecule has 2 nitrogen and oxygen atoms in total. The van der Waals surface area contributed by atoms with E-state index in [1.807, 2.05) is 0 Å². The first-order chi connectivity index (χ1) is 6.24. The molecule has 70 valence electrons. The van der Waals surface area contributed by atoms with E-state index in [-0.39, 0.29) is 0 Å². The largest absolute Gasteiger partial charge is 0.493 e. The van der Waals surface area contributed by atoms with Gasteiger partial charge in [0.05, 0.1) is 6.61 Å². The van der Waals surface area contributed by atoms with Gasteiger partial charge in [0.25, 0.3) is 5.24 Å². The molecule has 1 aromatic rings. The highest BCUT2D eigenvalue weighted by Crippen LogP contribution is 2.14.